The molecule has 0 bridgehead atoms. The number of hydrogen-bond donors (Lipinski definition) is 0. The average Bonchev–Trinajstić information content (AvgIpc) is 3.28. The molecule has 0 amide bonds. The third-order valence-electron chi connectivity index (χ3n) is 9.22. The summed E-state index contributed by atoms with van der Waals surface area (Å²) in [6, 6.07) is 68.3. The molecule has 0 aliphatic heterocycles. The predicted molar refractivity (Wildman–Crippen MR) is 224 cm³/mol. The highest BCUT2D eigenvalue weighted by molar-refractivity contribution is 7.99. The highest BCUT2D eigenvalue weighted by atomic mass is 32.2. The molecule has 55 heavy (non-hydrogen) atoms. The standard InChI is InChI=1S/C49H33N5S/c1-5-14-34(15-6-1)35-24-26-36(27-25-35)44-33-45(51-46(50-44)38-16-7-2-8-17-38)37-28-30-42(31-29-37)55-43-23-13-22-41(32-43)49-53-47(39-18-9-3-10-19-39)52-48(54-49)40-20-11-4-12-21-40/h1-33H. The second-order valence-electron chi connectivity index (χ2n) is 13.0. The molecule has 0 radical (unpaired) electrons. The summed E-state index contributed by atoms with van der Waals surface area (Å²) in [5, 5.41) is 0. The fourth-order valence-corrected chi connectivity index (χ4v) is 7.27. The van der Waals surface area contributed by atoms with E-state index in [2.05, 4.69) is 115 Å². The molecule has 0 saturated heterocycles. The van der Waals surface area contributed by atoms with Crippen LogP contribution in [-0.4, -0.2) is 24.9 Å². The summed E-state index contributed by atoms with van der Waals surface area (Å²) >= 11 is 1.70. The van der Waals surface area contributed by atoms with Gasteiger partial charge in [0.1, 0.15) is 0 Å². The minimum Gasteiger partial charge on any atom is -0.228 e. The van der Waals surface area contributed by atoms with E-state index in [1.807, 2.05) is 84.9 Å². The summed E-state index contributed by atoms with van der Waals surface area (Å²) in [5.41, 5.74) is 9.96. The molecule has 260 valence electrons. The maximum Gasteiger partial charge on any atom is 0.164 e. The van der Waals surface area contributed by atoms with Gasteiger partial charge in [0, 0.05) is 43.2 Å². The topological polar surface area (TPSA) is 64.5 Å². The molecular weight excluding hydrogens is 691 g/mol. The Labute approximate surface area is 324 Å². The van der Waals surface area contributed by atoms with Gasteiger partial charge in [-0.15, -0.1) is 0 Å². The minimum absolute atomic E-state index is 0.633. The van der Waals surface area contributed by atoms with E-state index in [0.29, 0.717) is 23.3 Å². The number of benzene rings is 7. The lowest BCUT2D eigenvalue weighted by molar-refractivity contribution is 1.07. The number of nitrogens with zero attached hydrogens (tertiary/aromatic N) is 5. The van der Waals surface area contributed by atoms with E-state index in [4.69, 9.17) is 24.9 Å². The van der Waals surface area contributed by atoms with Crippen molar-refractivity contribution in [2.75, 3.05) is 0 Å². The first-order valence-electron chi connectivity index (χ1n) is 18.1. The predicted octanol–water partition coefficient (Wildman–Crippen LogP) is 12.5. The van der Waals surface area contributed by atoms with Crippen LogP contribution < -0.4 is 0 Å². The summed E-state index contributed by atoms with van der Waals surface area (Å²) < 4.78 is 0. The molecule has 9 aromatic rings. The van der Waals surface area contributed by atoms with Crippen LogP contribution in [0.4, 0.5) is 0 Å². The monoisotopic (exact) mass is 723 g/mol. The lowest BCUT2D eigenvalue weighted by Gasteiger charge is -2.11. The van der Waals surface area contributed by atoms with Crippen molar-refractivity contribution in [1.82, 2.24) is 24.9 Å². The molecule has 0 spiro atoms. The second-order valence-corrected chi connectivity index (χ2v) is 14.1. The Bertz CT molecular complexity index is 2630. The summed E-state index contributed by atoms with van der Waals surface area (Å²) in [4.78, 5) is 27.0. The van der Waals surface area contributed by atoms with Gasteiger partial charge in [-0.1, -0.05) is 182 Å². The lowest BCUT2D eigenvalue weighted by atomic mass is 10.0. The maximum atomic E-state index is 5.04. The first-order chi connectivity index (χ1) is 27.2. The number of aromatic nitrogens is 5. The van der Waals surface area contributed by atoms with Crippen molar-refractivity contribution in [3.8, 4) is 79.2 Å². The van der Waals surface area contributed by atoms with Crippen LogP contribution in [0.5, 0.6) is 0 Å². The fourth-order valence-electron chi connectivity index (χ4n) is 6.39. The van der Waals surface area contributed by atoms with Crippen LogP contribution >= 0.6 is 11.8 Å². The molecule has 0 N–H and O–H groups in total. The Morgan fingerprint density at radius 1 is 0.236 bits per heavy atom. The molecule has 0 fully saturated rings. The fraction of sp³-hybridized carbons (Fsp3) is 0. The third-order valence-corrected chi connectivity index (χ3v) is 10.2. The van der Waals surface area contributed by atoms with E-state index >= 15 is 0 Å². The summed E-state index contributed by atoms with van der Waals surface area (Å²) in [6.07, 6.45) is 0. The molecule has 0 aliphatic carbocycles. The molecule has 0 atom stereocenters. The summed E-state index contributed by atoms with van der Waals surface area (Å²) in [6.45, 7) is 0. The van der Waals surface area contributed by atoms with Gasteiger partial charge in [0.25, 0.3) is 0 Å². The van der Waals surface area contributed by atoms with Gasteiger partial charge >= 0.3 is 0 Å². The third kappa shape index (κ3) is 7.72. The van der Waals surface area contributed by atoms with Crippen molar-refractivity contribution < 1.29 is 0 Å². The molecule has 0 unspecified atom stereocenters. The Balaban J connectivity index is 1.01. The van der Waals surface area contributed by atoms with E-state index in [-0.39, 0.29) is 0 Å². The molecule has 9 rings (SSSR count). The molecule has 2 heterocycles. The van der Waals surface area contributed by atoms with Gasteiger partial charge in [-0.05, 0) is 41.5 Å². The Kier molecular flexibility index (Phi) is 9.54. The van der Waals surface area contributed by atoms with E-state index in [1.54, 1.807) is 11.8 Å². The zero-order valence-electron chi connectivity index (χ0n) is 29.7. The van der Waals surface area contributed by atoms with Crippen LogP contribution in [0.1, 0.15) is 0 Å². The van der Waals surface area contributed by atoms with Gasteiger partial charge < -0.3 is 0 Å². The molecule has 7 aromatic carbocycles. The van der Waals surface area contributed by atoms with Gasteiger partial charge in [-0.3, -0.25) is 0 Å². The van der Waals surface area contributed by atoms with Gasteiger partial charge in [0.05, 0.1) is 11.4 Å². The maximum absolute atomic E-state index is 5.04. The van der Waals surface area contributed by atoms with Crippen molar-refractivity contribution >= 4 is 11.8 Å². The van der Waals surface area contributed by atoms with Crippen LogP contribution in [0.3, 0.4) is 0 Å². The van der Waals surface area contributed by atoms with Crippen molar-refractivity contribution in [3.05, 3.63) is 200 Å². The zero-order valence-corrected chi connectivity index (χ0v) is 30.5. The smallest absolute Gasteiger partial charge is 0.164 e. The first kappa shape index (κ1) is 33.8. The van der Waals surface area contributed by atoms with Gasteiger partial charge in [0.15, 0.2) is 23.3 Å². The summed E-state index contributed by atoms with van der Waals surface area (Å²) in [7, 11) is 0. The molecule has 2 aromatic heterocycles. The van der Waals surface area contributed by atoms with Crippen LogP contribution in [0.25, 0.3) is 79.2 Å². The Hall–Kier alpha value is -7.02. The summed E-state index contributed by atoms with van der Waals surface area (Å²) in [5.74, 6) is 2.62. The molecule has 0 saturated carbocycles. The highest BCUT2D eigenvalue weighted by Gasteiger charge is 2.14. The number of hydrogen-bond acceptors (Lipinski definition) is 6. The first-order valence-corrected chi connectivity index (χ1v) is 18.9. The Morgan fingerprint density at radius 3 is 1.09 bits per heavy atom. The molecular formula is C49H33N5S. The van der Waals surface area contributed by atoms with Crippen LogP contribution in [0.2, 0.25) is 0 Å². The van der Waals surface area contributed by atoms with Gasteiger partial charge in [0.2, 0.25) is 0 Å². The van der Waals surface area contributed by atoms with Crippen molar-refractivity contribution in [3.63, 3.8) is 0 Å². The highest BCUT2D eigenvalue weighted by Crippen LogP contribution is 2.34. The molecule has 6 heteroatoms. The molecule has 5 nitrogen and oxygen atoms in total. The second kappa shape index (κ2) is 15.5. The largest absolute Gasteiger partial charge is 0.228 e. The van der Waals surface area contributed by atoms with Gasteiger partial charge in [-0.2, -0.15) is 0 Å². The van der Waals surface area contributed by atoms with Gasteiger partial charge in [-0.25, -0.2) is 24.9 Å². The van der Waals surface area contributed by atoms with Crippen molar-refractivity contribution in [2.24, 2.45) is 0 Å². The van der Waals surface area contributed by atoms with E-state index < -0.39 is 0 Å². The van der Waals surface area contributed by atoms with E-state index in [9.17, 15) is 0 Å². The van der Waals surface area contributed by atoms with Crippen LogP contribution in [-0.2, 0) is 0 Å². The average molecular weight is 724 g/mol. The van der Waals surface area contributed by atoms with E-state index in [0.717, 1.165) is 54.6 Å². The number of rotatable bonds is 9. The minimum atomic E-state index is 0.633. The quantitative estimate of drug-likeness (QED) is 0.148. The van der Waals surface area contributed by atoms with Crippen molar-refractivity contribution in [1.29, 1.82) is 0 Å². The zero-order chi connectivity index (χ0) is 36.8. The van der Waals surface area contributed by atoms with Crippen molar-refractivity contribution in [2.45, 2.75) is 9.79 Å². The van der Waals surface area contributed by atoms with Crippen LogP contribution in [0.15, 0.2) is 210 Å². The normalized spacial score (nSPS) is 11.0. The lowest BCUT2D eigenvalue weighted by Crippen LogP contribution is -2.00. The van der Waals surface area contributed by atoms with Crippen LogP contribution in [0, 0.1) is 0 Å². The Morgan fingerprint density at radius 2 is 0.600 bits per heavy atom. The molecule has 0 aliphatic rings. The SMILES string of the molecule is c1ccc(-c2ccc(-c3cc(-c4ccc(Sc5cccc(-c6nc(-c7ccccc7)nc(-c7ccccc7)n6)c5)cc4)nc(-c4ccccc4)n3)cc2)cc1. The van der Waals surface area contributed by atoms with E-state index in [1.165, 1.54) is 11.1 Å².